The quantitative estimate of drug-likeness (QED) is 0.847. The minimum atomic E-state index is 0.489. The topological polar surface area (TPSA) is 15.3 Å². The van der Waals surface area contributed by atoms with Crippen molar-refractivity contribution in [1.82, 2.24) is 5.32 Å². The number of rotatable bonds is 5. The third kappa shape index (κ3) is 4.62. The van der Waals surface area contributed by atoms with Crippen LogP contribution in [0.4, 0.5) is 5.69 Å². The second kappa shape index (κ2) is 7.51. The van der Waals surface area contributed by atoms with Crippen LogP contribution in [-0.2, 0) is 6.54 Å². The predicted molar refractivity (Wildman–Crippen MR) is 93.2 cm³/mol. The highest BCUT2D eigenvalue weighted by Gasteiger charge is 2.23. The fourth-order valence-electron chi connectivity index (χ4n) is 3.13. The average molecular weight is 309 g/mol. The summed E-state index contributed by atoms with van der Waals surface area (Å²) in [6.45, 7) is 12.3. The molecule has 0 spiro atoms. The molecule has 0 amide bonds. The van der Waals surface area contributed by atoms with Gasteiger partial charge in [-0.2, -0.15) is 0 Å². The van der Waals surface area contributed by atoms with Crippen LogP contribution in [0.1, 0.15) is 46.1 Å². The van der Waals surface area contributed by atoms with Gasteiger partial charge in [-0.1, -0.05) is 39.3 Å². The molecule has 0 atom stereocenters. The van der Waals surface area contributed by atoms with Crippen molar-refractivity contribution in [2.75, 3.05) is 18.0 Å². The summed E-state index contributed by atoms with van der Waals surface area (Å²) in [6.07, 6.45) is 2.61. The Labute approximate surface area is 134 Å². The summed E-state index contributed by atoms with van der Waals surface area (Å²) in [5.41, 5.74) is 2.67. The largest absolute Gasteiger partial charge is 0.371 e. The fourth-order valence-corrected chi connectivity index (χ4v) is 3.32. The molecule has 1 saturated heterocycles. The Hall–Kier alpha value is -0.730. The fraction of sp³-hybridized carbons (Fsp3) is 0.667. The molecule has 1 heterocycles. The molecule has 0 aromatic heterocycles. The summed E-state index contributed by atoms with van der Waals surface area (Å²) in [7, 11) is 0. The molecular weight excluding hydrogens is 280 g/mol. The van der Waals surface area contributed by atoms with Crippen molar-refractivity contribution < 1.29 is 0 Å². The number of hydrogen-bond acceptors (Lipinski definition) is 2. The van der Waals surface area contributed by atoms with E-state index in [1.54, 1.807) is 0 Å². The molecule has 0 radical (unpaired) electrons. The van der Waals surface area contributed by atoms with Crippen LogP contribution in [0.2, 0.25) is 5.02 Å². The highest BCUT2D eigenvalue weighted by molar-refractivity contribution is 6.30. The van der Waals surface area contributed by atoms with Crippen LogP contribution in [0.25, 0.3) is 0 Å². The van der Waals surface area contributed by atoms with E-state index in [1.165, 1.54) is 37.2 Å². The Morgan fingerprint density at radius 2 is 1.86 bits per heavy atom. The third-order valence-corrected chi connectivity index (χ3v) is 4.80. The van der Waals surface area contributed by atoms with E-state index in [1.807, 2.05) is 6.07 Å². The first-order valence-corrected chi connectivity index (χ1v) is 8.62. The molecule has 2 nitrogen and oxygen atoms in total. The van der Waals surface area contributed by atoms with E-state index in [0.717, 1.165) is 23.4 Å². The van der Waals surface area contributed by atoms with Gasteiger partial charge in [-0.15, -0.1) is 0 Å². The summed E-state index contributed by atoms with van der Waals surface area (Å²) < 4.78 is 0. The maximum absolute atomic E-state index is 6.19. The molecule has 1 fully saturated rings. The zero-order valence-corrected chi connectivity index (χ0v) is 14.6. The number of halogens is 1. The average Bonchev–Trinajstić information content (AvgIpc) is 2.45. The molecule has 118 valence electrons. The van der Waals surface area contributed by atoms with E-state index in [9.17, 15) is 0 Å². The normalized spacial score (nSPS) is 17.0. The summed E-state index contributed by atoms with van der Waals surface area (Å²) in [5.74, 6) is 1.69. The Kier molecular flexibility index (Phi) is 5.95. The third-order valence-electron chi connectivity index (χ3n) is 4.57. The second-order valence-corrected chi connectivity index (χ2v) is 7.31. The molecule has 0 bridgehead atoms. The zero-order valence-electron chi connectivity index (χ0n) is 13.8. The molecular formula is C18H29ClN2. The van der Waals surface area contributed by atoms with Crippen LogP contribution in [-0.4, -0.2) is 19.1 Å². The molecule has 0 saturated carbocycles. The number of nitrogens with zero attached hydrogens (tertiary/aromatic N) is 1. The molecule has 1 aromatic rings. The van der Waals surface area contributed by atoms with Crippen molar-refractivity contribution in [3.8, 4) is 0 Å². The van der Waals surface area contributed by atoms with Crippen LogP contribution in [0, 0.1) is 11.8 Å². The van der Waals surface area contributed by atoms with Crippen LogP contribution >= 0.6 is 11.6 Å². The van der Waals surface area contributed by atoms with Crippen LogP contribution < -0.4 is 10.2 Å². The lowest BCUT2D eigenvalue weighted by molar-refractivity contribution is 0.311. The van der Waals surface area contributed by atoms with Crippen molar-refractivity contribution in [3.05, 3.63) is 28.8 Å². The summed E-state index contributed by atoms with van der Waals surface area (Å²) in [4.78, 5) is 2.53. The molecule has 21 heavy (non-hydrogen) atoms. The van der Waals surface area contributed by atoms with Crippen molar-refractivity contribution in [3.63, 3.8) is 0 Å². The summed E-state index contributed by atoms with van der Waals surface area (Å²) >= 11 is 6.19. The highest BCUT2D eigenvalue weighted by atomic mass is 35.5. The Balaban J connectivity index is 2.08. The van der Waals surface area contributed by atoms with Crippen LogP contribution in [0.3, 0.4) is 0 Å². The smallest absolute Gasteiger partial charge is 0.0412 e. The van der Waals surface area contributed by atoms with Crippen LogP contribution in [0.15, 0.2) is 18.2 Å². The number of nitrogens with one attached hydrogen (secondary N) is 1. The maximum atomic E-state index is 6.19. The van der Waals surface area contributed by atoms with E-state index >= 15 is 0 Å². The van der Waals surface area contributed by atoms with E-state index in [0.29, 0.717) is 6.04 Å². The lowest BCUT2D eigenvalue weighted by Gasteiger charge is -2.36. The number of benzene rings is 1. The Morgan fingerprint density at radius 1 is 1.19 bits per heavy atom. The Bertz CT molecular complexity index is 449. The van der Waals surface area contributed by atoms with Crippen molar-refractivity contribution in [1.29, 1.82) is 0 Å². The number of hydrogen-bond donors (Lipinski definition) is 1. The molecule has 3 heteroatoms. The molecule has 1 N–H and O–H groups in total. The van der Waals surface area contributed by atoms with E-state index < -0.39 is 0 Å². The van der Waals surface area contributed by atoms with Crippen molar-refractivity contribution in [2.24, 2.45) is 11.8 Å². The molecule has 1 aliphatic rings. The minimum absolute atomic E-state index is 0.489. The second-order valence-electron chi connectivity index (χ2n) is 6.88. The SMILES string of the molecule is CC(C)NCc1cc(Cl)ccc1N1CCC(C(C)C)CC1. The van der Waals surface area contributed by atoms with Gasteiger partial charge in [0.15, 0.2) is 0 Å². The summed E-state index contributed by atoms with van der Waals surface area (Å²) in [6, 6.07) is 6.81. The maximum Gasteiger partial charge on any atom is 0.0412 e. The van der Waals surface area contributed by atoms with Gasteiger partial charge in [0.1, 0.15) is 0 Å². The molecule has 1 aromatic carbocycles. The molecule has 0 aliphatic carbocycles. The molecule has 1 aliphatic heterocycles. The lowest BCUT2D eigenvalue weighted by Crippen LogP contribution is -2.36. The number of anilines is 1. The number of piperidine rings is 1. The monoisotopic (exact) mass is 308 g/mol. The molecule has 2 rings (SSSR count). The lowest BCUT2D eigenvalue weighted by atomic mass is 9.86. The van der Waals surface area contributed by atoms with E-state index in [2.05, 4.69) is 50.0 Å². The van der Waals surface area contributed by atoms with E-state index in [-0.39, 0.29) is 0 Å². The molecule has 0 unspecified atom stereocenters. The van der Waals surface area contributed by atoms with Crippen molar-refractivity contribution in [2.45, 2.75) is 53.1 Å². The van der Waals surface area contributed by atoms with Gasteiger partial charge in [0.05, 0.1) is 0 Å². The van der Waals surface area contributed by atoms with Gasteiger partial charge in [-0.05, 0) is 48.4 Å². The Morgan fingerprint density at radius 3 is 2.43 bits per heavy atom. The van der Waals surface area contributed by atoms with Crippen LogP contribution in [0.5, 0.6) is 0 Å². The highest BCUT2D eigenvalue weighted by Crippen LogP contribution is 2.31. The zero-order chi connectivity index (χ0) is 15.4. The summed E-state index contributed by atoms with van der Waals surface area (Å²) in [5, 5.41) is 4.34. The minimum Gasteiger partial charge on any atom is -0.371 e. The first-order valence-electron chi connectivity index (χ1n) is 8.24. The van der Waals surface area contributed by atoms with Gasteiger partial charge in [-0.25, -0.2) is 0 Å². The predicted octanol–water partition coefficient (Wildman–Crippen LogP) is 4.71. The van der Waals surface area contributed by atoms with Gasteiger partial charge in [0.2, 0.25) is 0 Å². The first-order chi connectivity index (χ1) is 9.97. The van der Waals surface area contributed by atoms with Gasteiger partial charge >= 0.3 is 0 Å². The van der Waals surface area contributed by atoms with Crippen molar-refractivity contribution >= 4 is 17.3 Å². The standard InChI is InChI=1S/C18H29ClN2/c1-13(2)15-7-9-21(10-8-15)18-6-5-17(19)11-16(18)12-20-14(3)4/h5-6,11,13-15,20H,7-10,12H2,1-4H3. The first kappa shape index (κ1) is 16.6. The van der Waals surface area contributed by atoms with E-state index in [4.69, 9.17) is 11.6 Å². The van der Waals surface area contributed by atoms with Gasteiger partial charge < -0.3 is 10.2 Å². The van der Waals surface area contributed by atoms with Gasteiger partial charge in [-0.3, -0.25) is 0 Å². The van der Waals surface area contributed by atoms with Gasteiger partial charge in [0, 0.05) is 36.4 Å². The van der Waals surface area contributed by atoms with Gasteiger partial charge in [0.25, 0.3) is 0 Å².